The Morgan fingerprint density at radius 1 is 1.43 bits per heavy atom. The highest BCUT2D eigenvalue weighted by atomic mass is 35.5. The topological polar surface area (TPSA) is 26.0 Å². The summed E-state index contributed by atoms with van der Waals surface area (Å²) in [6, 6.07) is 6.67. The second-order valence-electron chi connectivity index (χ2n) is 4.30. The summed E-state index contributed by atoms with van der Waals surface area (Å²) in [6.07, 6.45) is 3.47. The Morgan fingerprint density at radius 3 is 2.71 bits per heavy atom. The van der Waals surface area contributed by atoms with Crippen molar-refractivity contribution in [1.82, 2.24) is 0 Å². The lowest BCUT2D eigenvalue weighted by molar-refractivity contribution is 0.256. The van der Waals surface area contributed by atoms with Crippen molar-refractivity contribution in [2.75, 3.05) is 0 Å². The molecule has 1 aliphatic rings. The first-order chi connectivity index (χ1) is 6.66. The summed E-state index contributed by atoms with van der Waals surface area (Å²) in [6.45, 7) is 2.06. The summed E-state index contributed by atoms with van der Waals surface area (Å²) in [5.41, 5.74) is 8.37. The van der Waals surface area contributed by atoms with Gasteiger partial charge >= 0.3 is 0 Å². The summed E-state index contributed by atoms with van der Waals surface area (Å²) in [4.78, 5) is 0. The summed E-state index contributed by atoms with van der Waals surface area (Å²) >= 11 is 6.16. The fraction of sp³-hybridized carbons (Fsp3) is 0.500. The van der Waals surface area contributed by atoms with Crippen molar-refractivity contribution in [2.45, 2.75) is 32.2 Å². The van der Waals surface area contributed by atoms with Crippen LogP contribution in [0.2, 0.25) is 5.02 Å². The van der Waals surface area contributed by atoms with E-state index in [1.54, 1.807) is 0 Å². The van der Waals surface area contributed by atoms with Crippen molar-refractivity contribution in [1.29, 1.82) is 0 Å². The molecule has 0 bridgehead atoms. The average Bonchev–Trinajstić information content (AvgIpc) is 2.14. The van der Waals surface area contributed by atoms with E-state index in [1.807, 2.05) is 6.07 Å². The van der Waals surface area contributed by atoms with Gasteiger partial charge in [-0.1, -0.05) is 23.7 Å². The maximum Gasteiger partial charge on any atom is 0.0440 e. The second kappa shape index (κ2) is 3.92. The van der Waals surface area contributed by atoms with Gasteiger partial charge in [-0.05, 0) is 49.3 Å². The molecule has 2 N–H and O–H groups in total. The summed E-state index contributed by atoms with van der Waals surface area (Å²) < 4.78 is 0. The first-order valence-corrected chi connectivity index (χ1v) is 5.55. The van der Waals surface area contributed by atoms with E-state index in [4.69, 9.17) is 17.3 Å². The van der Waals surface area contributed by atoms with E-state index in [1.165, 1.54) is 24.0 Å². The third-order valence-corrected chi connectivity index (χ3v) is 3.52. The van der Waals surface area contributed by atoms with Crippen molar-refractivity contribution in [3.8, 4) is 0 Å². The zero-order valence-corrected chi connectivity index (χ0v) is 9.22. The fourth-order valence-electron chi connectivity index (χ4n) is 1.95. The standard InChI is InChI=1S/C12H16ClN/c1-8-2-3-9(11(13)6-8)7-10-4-5-12(10)14/h2-3,6,10,12H,4-5,7,14H2,1H3. The molecule has 76 valence electrons. The third-order valence-electron chi connectivity index (χ3n) is 3.17. The molecular formula is C12H16ClN. The highest BCUT2D eigenvalue weighted by Crippen LogP contribution is 2.31. The van der Waals surface area contributed by atoms with Crippen LogP contribution in [0.5, 0.6) is 0 Å². The number of hydrogen-bond donors (Lipinski definition) is 1. The lowest BCUT2D eigenvalue weighted by Crippen LogP contribution is -2.40. The first kappa shape index (κ1) is 10.0. The highest BCUT2D eigenvalue weighted by molar-refractivity contribution is 6.31. The Kier molecular flexibility index (Phi) is 2.80. The van der Waals surface area contributed by atoms with Crippen LogP contribution in [0.15, 0.2) is 18.2 Å². The van der Waals surface area contributed by atoms with Crippen LogP contribution in [0.3, 0.4) is 0 Å². The van der Waals surface area contributed by atoms with E-state index in [2.05, 4.69) is 19.1 Å². The summed E-state index contributed by atoms with van der Waals surface area (Å²) in [5, 5.41) is 0.893. The van der Waals surface area contributed by atoms with E-state index in [0.29, 0.717) is 12.0 Å². The molecule has 0 aliphatic heterocycles. The number of nitrogens with two attached hydrogens (primary N) is 1. The smallest absolute Gasteiger partial charge is 0.0440 e. The molecule has 2 unspecified atom stereocenters. The first-order valence-electron chi connectivity index (χ1n) is 5.17. The monoisotopic (exact) mass is 209 g/mol. The van der Waals surface area contributed by atoms with Gasteiger partial charge in [0.05, 0.1) is 0 Å². The molecular weight excluding hydrogens is 194 g/mol. The minimum Gasteiger partial charge on any atom is -0.327 e. The predicted octanol–water partition coefficient (Wildman–Crippen LogP) is 2.93. The average molecular weight is 210 g/mol. The molecule has 0 spiro atoms. The van der Waals surface area contributed by atoms with Gasteiger partial charge in [0.15, 0.2) is 0 Å². The van der Waals surface area contributed by atoms with E-state index in [9.17, 15) is 0 Å². The quantitative estimate of drug-likeness (QED) is 0.797. The van der Waals surface area contributed by atoms with E-state index < -0.39 is 0 Å². The van der Waals surface area contributed by atoms with Crippen LogP contribution in [-0.2, 0) is 6.42 Å². The lowest BCUT2D eigenvalue weighted by Gasteiger charge is -2.33. The van der Waals surface area contributed by atoms with Crippen molar-refractivity contribution < 1.29 is 0 Å². The molecule has 0 amide bonds. The van der Waals surface area contributed by atoms with Crippen molar-refractivity contribution in [3.63, 3.8) is 0 Å². The zero-order chi connectivity index (χ0) is 10.1. The Labute approximate surface area is 90.3 Å². The van der Waals surface area contributed by atoms with Crippen molar-refractivity contribution >= 4 is 11.6 Å². The van der Waals surface area contributed by atoms with E-state index in [-0.39, 0.29) is 0 Å². The van der Waals surface area contributed by atoms with Gasteiger partial charge in [0, 0.05) is 11.1 Å². The van der Waals surface area contributed by atoms with Gasteiger partial charge in [0.2, 0.25) is 0 Å². The SMILES string of the molecule is Cc1ccc(CC2CCC2N)c(Cl)c1. The second-order valence-corrected chi connectivity index (χ2v) is 4.71. The van der Waals surface area contributed by atoms with Gasteiger partial charge in [0.25, 0.3) is 0 Å². The number of aryl methyl sites for hydroxylation is 1. The predicted molar refractivity (Wildman–Crippen MR) is 60.6 cm³/mol. The molecule has 0 radical (unpaired) electrons. The Hall–Kier alpha value is -0.530. The van der Waals surface area contributed by atoms with Crippen LogP contribution in [0.25, 0.3) is 0 Å². The van der Waals surface area contributed by atoms with E-state index in [0.717, 1.165) is 11.4 Å². The van der Waals surface area contributed by atoms with Crippen LogP contribution < -0.4 is 5.73 Å². The van der Waals surface area contributed by atoms with Crippen LogP contribution in [0.4, 0.5) is 0 Å². The molecule has 1 fully saturated rings. The third kappa shape index (κ3) is 1.94. The Bertz CT molecular complexity index is 335. The van der Waals surface area contributed by atoms with Gasteiger partial charge < -0.3 is 5.73 Å². The van der Waals surface area contributed by atoms with Gasteiger partial charge in [-0.3, -0.25) is 0 Å². The zero-order valence-electron chi connectivity index (χ0n) is 8.46. The van der Waals surface area contributed by atoms with Gasteiger partial charge in [-0.15, -0.1) is 0 Å². The van der Waals surface area contributed by atoms with E-state index >= 15 is 0 Å². The van der Waals surface area contributed by atoms with Crippen LogP contribution in [0, 0.1) is 12.8 Å². The Balaban J connectivity index is 2.09. The lowest BCUT2D eigenvalue weighted by atomic mass is 9.76. The number of rotatable bonds is 2. The van der Waals surface area contributed by atoms with Crippen LogP contribution in [0.1, 0.15) is 24.0 Å². The number of benzene rings is 1. The maximum atomic E-state index is 6.16. The normalized spacial score (nSPS) is 25.9. The molecule has 1 aliphatic carbocycles. The molecule has 0 heterocycles. The number of halogens is 1. The molecule has 1 saturated carbocycles. The van der Waals surface area contributed by atoms with Gasteiger partial charge in [-0.2, -0.15) is 0 Å². The molecule has 1 aromatic rings. The minimum absolute atomic E-state index is 0.396. The molecule has 2 atom stereocenters. The molecule has 14 heavy (non-hydrogen) atoms. The largest absolute Gasteiger partial charge is 0.327 e. The molecule has 0 saturated heterocycles. The highest BCUT2D eigenvalue weighted by Gasteiger charge is 2.27. The van der Waals surface area contributed by atoms with Crippen LogP contribution in [-0.4, -0.2) is 6.04 Å². The summed E-state index contributed by atoms with van der Waals surface area (Å²) in [7, 11) is 0. The van der Waals surface area contributed by atoms with Crippen molar-refractivity contribution in [3.05, 3.63) is 34.3 Å². The van der Waals surface area contributed by atoms with Crippen molar-refractivity contribution in [2.24, 2.45) is 11.7 Å². The van der Waals surface area contributed by atoms with Gasteiger partial charge in [-0.25, -0.2) is 0 Å². The minimum atomic E-state index is 0.396. The molecule has 2 heteroatoms. The molecule has 1 nitrogen and oxygen atoms in total. The van der Waals surface area contributed by atoms with Crippen LogP contribution >= 0.6 is 11.6 Å². The van der Waals surface area contributed by atoms with Gasteiger partial charge in [0.1, 0.15) is 0 Å². The molecule has 2 rings (SSSR count). The fourth-order valence-corrected chi connectivity index (χ4v) is 2.26. The maximum absolute atomic E-state index is 6.16. The summed E-state index contributed by atoms with van der Waals surface area (Å²) in [5.74, 6) is 0.648. The Morgan fingerprint density at radius 2 is 2.21 bits per heavy atom. The molecule has 1 aromatic carbocycles. The number of hydrogen-bond acceptors (Lipinski definition) is 1. The molecule has 0 aromatic heterocycles.